The Bertz CT molecular complexity index is 560. The lowest BCUT2D eigenvalue weighted by Gasteiger charge is -2.20. The summed E-state index contributed by atoms with van der Waals surface area (Å²) in [5.41, 5.74) is 1.01. The molecule has 0 aliphatic carbocycles. The molecule has 0 radical (unpaired) electrons. The van der Waals surface area contributed by atoms with Gasteiger partial charge in [0.2, 0.25) is 10.0 Å². The number of sulfonamides is 1. The highest BCUT2D eigenvalue weighted by Gasteiger charge is 2.26. The van der Waals surface area contributed by atoms with Crippen molar-refractivity contribution in [3.63, 3.8) is 0 Å². The first-order valence-electron chi connectivity index (χ1n) is 6.94. The molecule has 104 valence electrons. The highest BCUT2D eigenvalue weighted by atomic mass is 32.2. The van der Waals surface area contributed by atoms with E-state index in [9.17, 15) is 8.42 Å². The predicted octanol–water partition coefficient (Wildman–Crippen LogP) is 2.19. The van der Waals surface area contributed by atoms with Crippen LogP contribution in [0.1, 0.15) is 31.2 Å². The van der Waals surface area contributed by atoms with E-state index in [4.69, 9.17) is 4.74 Å². The Kier molecular flexibility index (Phi) is 3.50. The summed E-state index contributed by atoms with van der Waals surface area (Å²) in [6, 6.07) is 5.24. The van der Waals surface area contributed by atoms with Gasteiger partial charge in [0, 0.05) is 19.5 Å². The van der Waals surface area contributed by atoms with Gasteiger partial charge in [-0.05, 0) is 36.6 Å². The molecular weight excluding hydrogens is 262 g/mol. The first kappa shape index (κ1) is 12.9. The number of fused-ring (bicyclic) bond motifs is 1. The molecule has 2 heterocycles. The molecule has 0 bridgehead atoms. The second-order valence-corrected chi connectivity index (χ2v) is 7.12. The van der Waals surface area contributed by atoms with Crippen LogP contribution in [0, 0.1) is 0 Å². The maximum Gasteiger partial charge on any atom is 0.243 e. The largest absolute Gasteiger partial charge is 0.493 e. The van der Waals surface area contributed by atoms with Gasteiger partial charge in [0.1, 0.15) is 5.75 Å². The first-order chi connectivity index (χ1) is 9.18. The van der Waals surface area contributed by atoms with E-state index in [-0.39, 0.29) is 0 Å². The standard InChI is InChI=1S/C14H19NO3S/c16-19(17,15-8-3-1-2-4-9-15)13-5-6-14-12(11-13)7-10-18-14/h5-6,11H,1-4,7-10H2. The minimum Gasteiger partial charge on any atom is -0.493 e. The Morgan fingerprint density at radius 3 is 2.53 bits per heavy atom. The summed E-state index contributed by atoms with van der Waals surface area (Å²) >= 11 is 0. The SMILES string of the molecule is O=S(=O)(c1ccc2c(c1)CCO2)N1CCCCCC1. The van der Waals surface area contributed by atoms with Crippen LogP contribution in [0.3, 0.4) is 0 Å². The molecule has 19 heavy (non-hydrogen) atoms. The molecule has 0 spiro atoms. The minimum atomic E-state index is -3.33. The summed E-state index contributed by atoms with van der Waals surface area (Å²) in [5, 5.41) is 0. The van der Waals surface area contributed by atoms with E-state index in [2.05, 4.69) is 0 Å². The molecule has 0 saturated carbocycles. The quantitative estimate of drug-likeness (QED) is 0.835. The zero-order chi connectivity index (χ0) is 13.3. The second kappa shape index (κ2) is 5.13. The van der Waals surface area contributed by atoms with Crippen molar-refractivity contribution in [2.75, 3.05) is 19.7 Å². The molecule has 5 heteroatoms. The highest BCUT2D eigenvalue weighted by Crippen LogP contribution is 2.29. The lowest BCUT2D eigenvalue weighted by atomic mass is 10.2. The fourth-order valence-corrected chi connectivity index (χ4v) is 4.32. The Hall–Kier alpha value is -1.07. The highest BCUT2D eigenvalue weighted by molar-refractivity contribution is 7.89. The summed E-state index contributed by atoms with van der Waals surface area (Å²) in [6.07, 6.45) is 4.99. The molecular formula is C14H19NO3S. The minimum absolute atomic E-state index is 0.415. The zero-order valence-corrected chi connectivity index (χ0v) is 11.8. The summed E-state index contributed by atoms with van der Waals surface area (Å²) in [4.78, 5) is 0.415. The van der Waals surface area contributed by atoms with E-state index < -0.39 is 10.0 Å². The Morgan fingerprint density at radius 1 is 1.05 bits per heavy atom. The van der Waals surface area contributed by atoms with Crippen molar-refractivity contribution in [2.24, 2.45) is 0 Å². The molecule has 2 aliphatic rings. The third-order valence-electron chi connectivity index (χ3n) is 3.86. The maximum atomic E-state index is 12.6. The molecule has 0 N–H and O–H groups in total. The third kappa shape index (κ3) is 2.49. The van der Waals surface area contributed by atoms with Crippen LogP contribution in [0.2, 0.25) is 0 Å². The lowest BCUT2D eigenvalue weighted by molar-refractivity contribution is 0.356. The number of nitrogens with zero attached hydrogens (tertiary/aromatic N) is 1. The molecule has 1 aromatic carbocycles. The fraction of sp³-hybridized carbons (Fsp3) is 0.571. The van der Waals surface area contributed by atoms with Crippen molar-refractivity contribution in [3.8, 4) is 5.75 Å². The van der Waals surface area contributed by atoms with Crippen LogP contribution in [-0.2, 0) is 16.4 Å². The first-order valence-corrected chi connectivity index (χ1v) is 8.38. The summed E-state index contributed by atoms with van der Waals surface area (Å²) in [6.45, 7) is 1.95. The van der Waals surface area contributed by atoms with Crippen molar-refractivity contribution in [2.45, 2.75) is 37.0 Å². The van der Waals surface area contributed by atoms with Crippen molar-refractivity contribution in [1.29, 1.82) is 0 Å². The van der Waals surface area contributed by atoms with E-state index in [1.165, 1.54) is 0 Å². The van der Waals surface area contributed by atoms with Gasteiger partial charge in [-0.1, -0.05) is 12.8 Å². The van der Waals surface area contributed by atoms with Crippen LogP contribution in [0.4, 0.5) is 0 Å². The Balaban J connectivity index is 1.90. The molecule has 0 unspecified atom stereocenters. The molecule has 2 aliphatic heterocycles. The van der Waals surface area contributed by atoms with Gasteiger partial charge in [0.25, 0.3) is 0 Å². The molecule has 4 nitrogen and oxygen atoms in total. The summed E-state index contributed by atoms with van der Waals surface area (Å²) in [7, 11) is -3.33. The van der Waals surface area contributed by atoms with E-state index in [0.29, 0.717) is 24.6 Å². The van der Waals surface area contributed by atoms with E-state index in [1.54, 1.807) is 22.5 Å². The maximum absolute atomic E-state index is 12.6. The average Bonchev–Trinajstić information content (AvgIpc) is 2.69. The number of hydrogen-bond acceptors (Lipinski definition) is 3. The molecule has 3 rings (SSSR count). The monoisotopic (exact) mass is 281 g/mol. The molecule has 1 fully saturated rings. The van der Waals surface area contributed by atoms with Crippen molar-refractivity contribution >= 4 is 10.0 Å². The van der Waals surface area contributed by atoms with Gasteiger partial charge < -0.3 is 4.74 Å². The molecule has 0 aromatic heterocycles. The van der Waals surface area contributed by atoms with Crippen LogP contribution in [-0.4, -0.2) is 32.4 Å². The fourth-order valence-electron chi connectivity index (χ4n) is 2.75. The normalized spacial score (nSPS) is 20.6. The number of hydrogen-bond donors (Lipinski definition) is 0. The van der Waals surface area contributed by atoms with Crippen LogP contribution < -0.4 is 4.74 Å². The van der Waals surface area contributed by atoms with Gasteiger partial charge in [-0.3, -0.25) is 0 Å². The van der Waals surface area contributed by atoms with E-state index in [1.807, 2.05) is 0 Å². The van der Waals surface area contributed by atoms with Crippen LogP contribution in [0.25, 0.3) is 0 Å². The van der Waals surface area contributed by atoms with Gasteiger partial charge >= 0.3 is 0 Å². The topological polar surface area (TPSA) is 46.6 Å². The predicted molar refractivity (Wildman–Crippen MR) is 72.9 cm³/mol. The van der Waals surface area contributed by atoms with Gasteiger partial charge in [-0.15, -0.1) is 0 Å². The summed E-state index contributed by atoms with van der Waals surface area (Å²) < 4.78 is 32.3. The number of ether oxygens (including phenoxy) is 1. The molecule has 0 amide bonds. The summed E-state index contributed by atoms with van der Waals surface area (Å²) in [5.74, 6) is 0.829. The van der Waals surface area contributed by atoms with Crippen LogP contribution in [0.5, 0.6) is 5.75 Å². The third-order valence-corrected chi connectivity index (χ3v) is 5.76. The van der Waals surface area contributed by atoms with Crippen molar-refractivity contribution in [3.05, 3.63) is 23.8 Å². The van der Waals surface area contributed by atoms with Gasteiger partial charge in [-0.25, -0.2) is 8.42 Å². The van der Waals surface area contributed by atoms with Crippen LogP contribution >= 0.6 is 0 Å². The number of rotatable bonds is 2. The molecule has 0 atom stereocenters. The second-order valence-electron chi connectivity index (χ2n) is 5.19. The van der Waals surface area contributed by atoms with Crippen molar-refractivity contribution < 1.29 is 13.2 Å². The molecule has 1 saturated heterocycles. The van der Waals surface area contributed by atoms with E-state index in [0.717, 1.165) is 43.4 Å². The molecule has 1 aromatic rings. The van der Waals surface area contributed by atoms with Crippen molar-refractivity contribution in [1.82, 2.24) is 4.31 Å². The van der Waals surface area contributed by atoms with E-state index >= 15 is 0 Å². The average molecular weight is 281 g/mol. The lowest BCUT2D eigenvalue weighted by Crippen LogP contribution is -2.31. The Labute approximate surface area is 114 Å². The Morgan fingerprint density at radius 2 is 1.79 bits per heavy atom. The number of benzene rings is 1. The van der Waals surface area contributed by atoms with Crippen LogP contribution in [0.15, 0.2) is 23.1 Å². The van der Waals surface area contributed by atoms with Gasteiger partial charge in [0.05, 0.1) is 11.5 Å². The zero-order valence-electron chi connectivity index (χ0n) is 11.0. The smallest absolute Gasteiger partial charge is 0.243 e. The van der Waals surface area contributed by atoms with Gasteiger partial charge in [0.15, 0.2) is 0 Å². The van der Waals surface area contributed by atoms with Gasteiger partial charge in [-0.2, -0.15) is 4.31 Å².